The summed E-state index contributed by atoms with van der Waals surface area (Å²) in [6.07, 6.45) is 2.74. The van der Waals surface area contributed by atoms with Gasteiger partial charge in [-0.15, -0.1) is 0 Å². The molecule has 1 aliphatic rings. The van der Waals surface area contributed by atoms with Crippen molar-refractivity contribution in [1.29, 1.82) is 0 Å². The van der Waals surface area contributed by atoms with Gasteiger partial charge < -0.3 is 4.52 Å². The van der Waals surface area contributed by atoms with Crippen LogP contribution in [0.2, 0.25) is 0 Å². The van der Waals surface area contributed by atoms with Gasteiger partial charge in [0.15, 0.2) is 5.82 Å². The van der Waals surface area contributed by atoms with E-state index in [1.165, 1.54) is 12.8 Å². The third-order valence-corrected chi connectivity index (χ3v) is 2.95. The van der Waals surface area contributed by atoms with Gasteiger partial charge in [-0.25, -0.2) is 0 Å². The minimum atomic E-state index is 0.627. The minimum Gasteiger partial charge on any atom is -0.338 e. The van der Waals surface area contributed by atoms with Gasteiger partial charge in [0.1, 0.15) is 0 Å². The molecule has 1 atom stereocenters. The zero-order valence-electron chi connectivity index (χ0n) is 9.03. The first-order valence-corrected chi connectivity index (χ1v) is 5.16. The second kappa shape index (κ2) is 3.69. The van der Waals surface area contributed by atoms with Gasteiger partial charge in [0.2, 0.25) is 5.89 Å². The van der Waals surface area contributed by atoms with Crippen LogP contribution in [0.4, 0.5) is 0 Å². The molecule has 14 heavy (non-hydrogen) atoms. The average molecular weight is 195 g/mol. The first-order chi connectivity index (χ1) is 6.66. The average Bonchev–Trinajstić information content (AvgIpc) is 2.91. The first-order valence-electron chi connectivity index (χ1n) is 5.16. The highest BCUT2D eigenvalue weighted by Gasteiger charge is 2.30. The second-order valence-corrected chi connectivity index (χ2v) is 4.23. The molecular formula is C10H17N3O. The fourth-order valence-corrected chi connectivity index (χ4v) is 1.70. The molecule has 0 unspecified atom stereocenters. The standard InChI is InChI=1S/C10H17N3O/c1-7(9-4-5-9)13(3)6-10-11-8(2)12-14-10/h7,9H,4-6H2,1-3H3/t7-/m1/s1. The van der Waals surface area contributed by atoms with Gasteiger partial charge in [-0.05, 0) is 39.7 Å². The molecule has 0 bridgehead atoms. The summed E-state index contributed by atoms with van der Waals surface area (Å²) in [6.45, 7) is 4.87. The molecule has 0 aliphatic heterocycles. The zero-order chi connectivity index (χ0) is 10.1. The van der Waals surface area contributed by atoms with E-state index in [0.717, 1.165) is 18.4 Å². The maximum absolute atomic E-state index is 5.08. The van der Waals surface area contributed by atoms with Crippen molar-refractivity contribution in [2.24, 2.45) is 5.92 Å². The van der Waals surface area contributed by atoms with Crippen molar-refractivity contribution in [2.45, 2.75) is 39.3 Å². The van der Waals surface area contributed by atoms with Crippen molar-refractivity contribution in [3.8, 4) is 0 Å². The molecule has 0 saturated heterocycles. The fourth-order valence-electron chi connectivity index (χ4n) is 1.70. The predicted molar refractivity (Wildman–Crippen MR) is 52.7 cm³/mol. The summed E-state index contributed by atoms with van der Waals surface area (Å²) < 4.78 is 5.08. The number of hydrogen-bond donors (Lipinski definition) is 0. The predicted octanol–water partition coefficient (Wildman–Crippen LogP) is 1.61. The van der Waals surface area contributed by atoms with Gasteiger partial charge in [-0.2, -0.15) is 4.98 Å². The van der Waals surface area contributed by atoms with Crippen molar-refractivity contribution in [2.75, 3.05) is 7.05 Å². The Morgan fingerprint density at radius 2 is 2.29 bits per heavy atom. The number of aromatic nitrogens is 2. The molecule has 4 nitrogen and oxygen atoms in total. The highest BCUT2D eigenvalue weighted by Crippen LogP contribution is 2.34. The molecule has 2 rings (SSSR count). The van der Waals surface area contributed by atoms with Gasteiger partial charge in [0.05, 0.1) is 6.54 Å². The van der Waals surface area contributed by atoms with Crippen LogP contribution in [0, 0.1) is 12.8 Å². The highest BCUT2D eigenvalue weighted by atomic mass is 16.5. The van der Waals surface area contributed by atoms with Gasteiger partial charge in [-0.3, -0.25) is 4.90 Å². The van der Waals surface area contributed by atoms with Crippen molar-refractivity contribution >= 4 is 0 Å². The molecule has 0 spiro atoms. The van der Waals surface area contributed by atoms with Gasteiger partial charge in [0, 0.05) is 6.04 Å². The lowest BCUT2D eigenvalue weighted by atomic mass is 10.2. The third kappa shape index (κ3) is 2.12. The summed E-state index contributed by atoms with van der Waals surface area (Å²) in [5.74, 6) is 2.31. The van der Waals surface area contributed by atoms with Crippen LogP contribution in [-0.4, -0.2) is 28.1 Å². The monoisotopic (exact) mass is 195 g/mol. The zero-order valence-corrected chi connectivity index (χ0v) is 9.03. The smallest absolute Gasteiger partial charge is 0.240 e. The summed E-state index contributed by atoms with van der Waals surface area (Å²) in [5, 5.41) is 3.78. The van der Waals surface area contributed by atoms with E-state index in [9.17, 15) is 0 Å². The lowest BCUT2D eigenvalue weighted by molar-refractivity contribution is 0.197. The maximum Gasteiger partial charge on any atom is 0.240 e. The number of nitrogens with zero attached hydrogens (tertiary/aromatic N) is 3. The van der Waals surface area contributed by atoms with Gasteiger partial charge >= 0.3 is 0 Å². The maximum atomic E-state index is 5.08. The van der Waals surface area contributed by atoms with E-state index in [-0.39, 0.29) is 0 Å². The molecule has 0 radical (unpaired) electrons. The lowest BCUT2D eigenvalue weighted by Crippen LogP contribution is -2.30. The normalized spacial score (nSPS) is 18.9. The Balaban J connectivity index is 1.89. The largest absolute Gasteiger partial charge is 0.338 e. The third-order valence-electron chi connectivity index (χ3n) is 2.95. The number of rotatable bonds is 4. The Morgan fingerprint density at radius 3 is 2.79 bits per heavy atom. The molecule has 1 heterocycles. The van der Waals surface area contributed by atoms with E-state index in [2.05, 4.69) is 29.0 Å². The Labute approximate surface area is 84.3 Å². The Morgan fingerprint density at radius 1 is 1.57 bits per heavy atom. The van der Waals surface area contributed by atoms with Crippen LogP contribution in [0.5, 0.6) is 0 Å². The molecule has 1 aromatic rings. The summed E-state index contributed by atoms with van der Waals surface area (Å²) in [5.41, 5.74) is 0. The molecule has 1 fully saturated rings. The van der Waals surface area contributed by atoms with Crippen molar-refractivity contribution in [3.63, 3.8) is 0 Å². The molecule has 4 heteroatoms. The van der Waals surface area contributed by atoms with Crippen molar-refractivity contribution in [1.82, 2.24) is 15.0 Å². The van der Waals surface area contributed by atoms with Gasteiger partial charge in [-0.1, -0.05) is 5.16 Å². The van der Waals surface area contributed by atoms with Crippen LogP contribution in [0.3, 0.4) is 0 Å². The highest BCUT2D eigenvalue weighted by molar-refractivity contribution is 4.87. The quantitative estimate of drug-likeness (QED) is 0.732. The Kier molecular flexibility index (Phi) is 2.54. The molecular weight excluding hydrogens is 178 g/mol. The van der Waals surface area contributed by atoms with Crippen LogP contribution in [0.15, 0.2) is 4.52 Å². The summed E-state index contributed by atoms with van der Waals surface area (Å²) >= 11 is 0. The summed E-state index contributed by atoms with van der Waals surface area (Å²) in [6, 6.07) is 0.627. The minimum absolute atomic E-state index is 0.627. The van der Waals surface area contributed by atoms with Gasteiger partial charge in [0.25, 0.3) is 0 Å². The summed E-state index contributed by atoms with van der Waals surface area (Å²) in [7, 11) is 2.11. The number of hydrogen-bond acceptors (Lipinski definition) is 4. The van der Waals surface area contributed by atoms with E-state index >= 15 is 0 Å². The second-order valence-electron chi connectivity index (χ2n) is 4.23. The summed E-state index contributed by atoms with van der Waals surface area (Å²) in [4.78, 5) is 6.48. The van der Waals surface area contributed by atoms with Crippen molar-refractivity contribution in [3.05, 3.63) is 11.7 Å². The molecule has 0 amide bonds. The van der Waals surface area contributed by atoms with Crippen LogP contribution in [-0.2, 0) is 6.54 Å². The van der Waals surface area contributed by atoms with Crippen LogP contribution < -0.4 is 0 Å². The van der Waals surface area contributed by atoms with Crippen molar-refractivity contribution < 1.29 is 4.52 Å². The first kappa shape index (κ1) is 9.65. The SMILES string of the molecule is Cc1noc(CN(C)[C@H](C)C2CC2)n1. The fraction of sp³-hybridized carbons (Fsp3) is 0.800. The Hall–Kier alpha value is -0.900. The lowest BCUT2D eigenvalue weighted by Gasteiger charge is -2.22. The van der Waals surface area contributed by atoms with Crippen LogP contribution >= 0.6 is 0 Å². The molecule has 1 saturated carbocycles. The van der Waals surface area contributed by atoms with E-state index < -0.39 is 0 Å². The Bertz CT molecular complexity index is 306. The van der Waals surface area contributed by atoms with Crippen LogP contribution in [0.25, 0.3) is 0 Å². The molecule has 1 aliphatic carbocycles. The molecule has 78 valence electrons. The van der Waals surface area contributed by atoms with Crippen LogP contribution in [0.1, 0.15) is 31.5 Å². The molecule has 0 aromatic carbocycles. The molecule has 1 aromatic heterocycles. The topological polar surface area (TPSA) is 42.2 Å². The number of aryl methyl sites for hydroxylation is 1. The van der Waals surface area contributed by atoms with E-state index in [0.29, 0.717) is 11.9 Å². The van der Waals surface area contributed by atoms with E-state index in [4.69, 9.17) is 4.52 Å². The molecule has 0 N–H and O–H groups in total. The van der Waals surface area contributed by atoms with E-state index in [1.807, 2.05) is 6.92 Å². The van der Waals surface area contributed by atoms with E-state index in [1.54, 1.807) is 0 Å².